The van der Waals surface area contributed by atoms with Crippen LogP contribution in [0.4, 0.5) is 0 Å². The van der Waals surface area contributed by atoms with Crippen molar-refractivity contribution in [3.05, 3.63) is 34.3 Å². The predicted octanol–water partition coefficient (Wildman–Crippen LogP) is 0.917. The van der Waals surface area contributed by atoms with Crippen molar-refractivity contribution < 1.29 is 15.0 Å². The summed E-state index contributed by atoms with van der Waals surface area (Å²) in [5, 5.41) is 18.1. The van der Waals surface area contributed by atoms with Crippen molar-refractivity contribution in [2.24, 2.45) is 5.73 Å². The summed E-state index contributed by atoms with van der Waals surface area (Å²) in [6, 6.07) is 3.42. The van der Waals surface area contributed by atoms with Gasteiger partial charge < -0.3 is 15.9 Å². The van der Waals surface area contributed by atoms with Crippen LogP contribution in [0.5, 0.6) is 0 Å². The van der Waals surface area contributed by atoms with Gasteiger partial charge in [-0.1, -0.05) is 17.7 Å². The van der Waals surface area contributed by atoms with E-state index in [2.05, 4.69) is 0 Å². The van der Waals surface area contributed by atoms with Gasteiger partial charge >= 0.3 is 5.97 Å². The van der Waals surface area contributed by atoms with Crippen LogP contribution in [0.15, 0.2) is 18.2 Å². The van der Waals surface area contributed by atoms with Crippen molar-refractivity contribution in [3.8, 4) is 0 Å². The first kappa shape index (κ1) is 11.0. The van der Waals surface area contributed by atoms with E-state index in [0.717, 1.165) is 0 Å². The third-order valence-corrected chi connectivity index (χ3v) is 2.11. The van der Waals surface area contributed by atoms with Crippen LogP contribution in [-0.2, 0) is 11.4 Å². The van der Waals surface area contributed by atoms with Crippen LogP contribution >= 0.6 is 11.6 Å². The average molecular weight is 216 g/mol. The number of halogens is 1. The van der Waals surface area contributed by atoms with Crippen molar-refractivity contribution in [3.63, 3.8) is 0 Å². The van der Waals surface area contributed by atoms with E-state index in [1.165, 1.54) is 12.1 Å². The number of aliphatic carboxylic acids is 1. The Bertz CT molecular complexity index is 354. The number of hydrogen-bond acceptors (Lipinski definition) is 3. The Labute approximate surface area is 85.9 Å². The molecule has 4 N–H and O–H groups in total. The highest BCUT2D eigenvalue weighted by Crippen LogP contribution is 2.20. The first-order valence-electron chi connectivity index (χ1n) is 3.94. The number of carboxylic acid groups (broad SMARTS) is 1. The fourth-order valence-electron chi connectivity index (χ4n) is 1.15. The second kappa shape index (κ2) is 4.41. The van der Waals surface area contributed by atoms with E-state index in [1.54, 1.807) is 6.07 Å². The van der Waals surface area contributed by atoms with Crippen LogP contribution in [0.2, 0.25) is 5.02 Å². The smallest absolute Gasteiger partial charge is 0.325 e. The molecule has 4 nitrogen and oxygen atoms in total. The molecule has 0 aromatic heterocycles. The summed E-state index contributed by atoms with van der Waals surface area (Å²) in [5.41, 5.74) is 6.23. The zero-order valence-corrected chi connectivity index (χ0v) is 8.03. The Morgan fingerprint density at radius 3 is 2.71 bits per heavy atom. The second-order valence-electron chi connectivity index (χ2n) is 2.82. The molecule has 1 unspecified atom stereocenters. The molecule has 1 aromatic carbocycles. The molecule has 0 aliphatic heterocycles. The molecule has 0 radical (unpaired) electrons. The van der Waals surface area contributed by atoms with Gasteiger partial charge in [-0.05, 0) is 23.3 Å². The molecule has 76 valence electrons. The topological polar surface area (TPSA) is 83.6 Å². The number of carbonyl (C=O) groups is 1. The summed E-state index contributed by atoms with van der Waals surface area (Å²) in [4.78, 5) is 10.6. The highest BCUT2D eigenvalue weighted by Gasteiger charge is 2.17. The van der Waals surface area contributed by atoms with Gasteiger partial charge in [-0.25, -0.2) is 0 Å². The predicted molar refractivity (Wildman–Crippen MR) is 51.9 cm³/mol. The van der Waals surface area contributed by atoms with Gasteiger partial charge in [0.2, 0.25) is 0 Å². The molecule has 0 saturated heterocycles. The van der Waals surface area contributed by atoms with Crippen LogP contribution in [0.1, 0.15) is 17.2 Å². The van der Waals surface area contributed by atoms with Crippen molar-refractivity contribution in [2.75, 3.05) is 0 Å². The average Bonchev–Trinajstić information content (AvgIpc) is 2.16. The number of nitrogens with two attached hydrogens (primary N) is 1. The lowest BCUT2D eigenvalue weighted by Gasteiger charge is -2.11. The standard InChI is InChI=1S/C9H10ClNO3/c10-6-1-2-7(5(3-6)4-12)8(11)9(13)14/h1-3,8,12H,4,11H2,(H,13,14). The van der Waals surface area contributed by atoms with E-state index >= 15 is 0 Å². The van der Waals surface area contributed by atoms with Gasteiger partial charge in [0.1, 0.15) is 6.04 Å². The number of aliphatic hydroxyl groups excluding tert-OH is 1. The minimum atomic E-state index is -1.14. The van der Waals surface area contributed by atoms with E-state index in [4.69, 9.17) is 27.5 Å². The van der Waals surface area contributed by atoms with E-state index in [0.29, 0.717) is 16.1 Å². The fraction of sp³-hybridized carbons (Fsp3) is 0.222. The normalized spacial score (nSPS) is 12.5. The fourth-order valence-corrected chi connectivity index (χ4v) is 1.34. The van der Waals surface area contributed by atoms with Gasteiger partial charge in [-0.15, -0.1) is 0 Å². The number of aliphatic hydroxyl groups is 1. The van der Waals surface area contributed by atoms with Crippen molar-refractivity contribution in [1.29, 1.82) is 0 Å². The number of benzene rings is 1. The van der Waals surface area contributed by atoms with Gasteiger partial charge in [-0.2, -0.15) is 0 Å². The maximum atomic E-state index is 10.6. The summed E-state index contributed by atoms with van der Waals surface area (Å²) in [7, 11) is 0. The zero-order chi connectivity index (χ0) is 10.7. The summed E-state index contributed by atoms with van der Waals surface area (Å²) in [5.74, 6) is -1.14. The molecule has 5 heteroatoms. The van der Waals surface area contributed by atoms with E-state index in [-0.39, 0.29) is 6.61 Å². The van der Waals surface area contributed by atoms with Crippen LogP contribution in [0.25, 0.3) is 0 Å². The third kappa shape index (κ3) is 2.23. The van der Waals surface area contributed by atoms with Gasteiger partial charge in [0.25, 0.3) is 0 Å². The minimum absolute atomic E-state index is 0.281. The van der Waals surface area contributed by atoms with Gasteiger partial charge in [0.15, 0.2) is 0 Å². The quantitative estimate of drug-likeness (QED) is 0.700. The molecule has 1 atom stereocenters. The molecule has 0 bridgehead atoms. The Hall–Kier alpha value is -1.10. The molecule has 0 amide bonds. The molecule has 0 saturated carbocycles. The molecule has 0 aliphatic rings. The third-order valence-electron chi connectivity index (χ3n) is 1.88. The summed E-state index contributed by atoms with van der Waals surface area (Å²) in [6.45, 7) is -0.281. The van der Waals surface area contributed by atoms with Crippen LogP contribution in [-0.4, -0.2) is 16.2 Å². The molecule has 0 heterocycles. The largest absolute Gasteiger partial charge is 0.480 e. The summed E-state index contributed by atoms with van der Waals surface area (Å²) in [6.07, 6.45) is 0. The molecular weight excluding hydrogens is 206 g/mol. The molecule has 0 fully saturated rings. The number of rotatable bonds is 3. The van der Waals surface area contributed by atoms with Crippen molar-refractivity contribution in [1.82, 2.24) is 0 Å². The lowest BCUT2D eigenvalue weighted by molar-refractivity contribution is -0.138. The lowest BCUT2D eigenvalue weighted by atomic mass is 10.0. The molecular formula is C9H10ClNO3. The van der Waals surface area contributed by atoms with Gasteiger partial charge in [0.05, 0.1) is 6.61 Å². The maximum absolute atomic E-state index is 10.6. The maximum Gasteiger partial charge on any atom is 0.325 e. The summed E-state index contributed by atoms with van der Waals surface area (Å²) >= 11 is 5.68. The molecule has 0 spiro atoms. The first-order valence-corrected chi connectivity index (χ1v) is 4.31. The lowest BCUT2D eigenvalue weighted by Crippen LogP contribution is -2.22. The van der Waals surface area contributed by atoms with Crippen LogP contribution in [0.3, 0.4) is 0 Å². The number of hydrogen-bond donors (Lipinski definition) is 3. The monoisotopic (exact) mass is 215 g/mol. The minimum Gasteiger partial charge on any atom is -0.480 e. The molecule has 1 aromatic rings. The van der Waals surface area contributed by atoms with E-state index in [1.807, 2.05) is 0 Å². The Kier molecular flexibility index (Phi) is 3.46. The SMILES string of the molecule is NC(C(=O)O)c1ccc(Cl)cc1CO. The Morgan fingerprint density at radius 1 is 1.57 bits per heavy atom. The molecule has 14 heavy (non-hydrogen) atoms. The van der Waals surface area contributed by atoms with Gasteiger partial charge in [0, 0.05) is 5.02 Å². The zero-order valence-electron chi connectivity index (χ0n) is 7.27. The second-order valence-corrected chi connectivity index (χ2v) is 3.25. The van der Waals surface area contributed by atoms with Gasteiger partial charge in [-0.3, -0.25) is 4.79 Å². The van der Waals surface area contributed by atoms with Crippen LogP contribution in [0, 0.1) is 0 Å². The Balaban J connectivity index is 3.13. The summed E-state index contributed by atoms with van der Waals surface area (Å²) < 4.78 is 0. The van der Waals surface area contributed by atoms with E-state index in [9.17, 15) is 4.79 Å². The van der Waals surface area contributed by atoms with E-state index < -0.39 is 12.0 Å². The highest BCUT2D eigenvalue weighted by molar-refractivity contribution is 6.30. The first-order chi connectivity index (χ1) is 6.56. The number of carboxylic acids is 1. The van der Waals surface area contributed by atoms with Crippen LogP contribution < -0.4 is 5.73 Å². The highest BCUT2D eigenvalue weighted by atomic mass is 35.5. The molecule has 1 rings (SSSR count). The van der Waals surface area contributed by atoms with Crippen molar-refractivity contribution >= 4 is 17.6 Å². The van der Waals surface area contributed by atoms with Crippen molar-refractivity contribution in [2.45, 2.75) is 12.6 Å². The molecule has 0 aliphatic carbocycles. The Morgan fingerprint density at radius 2 is 2.21 bits per heavy atom.